The molecule has 2 aromatic carbocycles. The zero-order valence-corrected chi connectivity index (χ0v) is 16.6. The third-order valence-electron chi connectivity index (χ3n) is 5.00. The van der Waals surface area contributed by atoms with Gasteiger partial charge in [0.2, 0.25) is 5.91 Å². The number of hydrogen-bond acceptors (Lipinski definition) is 4. The predicted octanol–water partition coefficient (Wildman–Crippen LogP) is 4.53. The van der Waals surface area contributed by atoms with Crippen molar-refractivity contribution < 1.29 is 14.3 Å². The maximum atomic E-state index is 12.1. The second kappa shape index (κ2) is 9.40. The summed E-state index contributed by atoms with van der Waals surface area (Å²) >= 11 is 0. The minimum Gasteiger partial charge on any atom is -0.494 e. The number of hydrogen-bond donors (Lipinski definition) is 1. The van der Waals surface area contributed by atoms with Crippen molar-refractivity contribution in [2.75, 3.05) is 29.9 Å². The van der Waals surface area contributed by atoms with Crippen LogP contribution in [-0.4, -0.2) is 31.4 Å². The molecule has 0 aromatic heterocycles. The standard InChI is InChI=1S/C23H28N2O3/c1-17-12-13-25(16-17)21-10-8-20(9-11-21)24-23(27)7-4-14-28-22-6-3-5-19(15-22)18(2)26/h3,5-6,8-11,15,17H,4,7,12-14,16H2,1-2H3,(H,24,27). The van der Waals surface area contributed by atoms with Gasteiger partial charge in [-0.15, -0.1) is 0 Å². The highest BCUT2D eigenvalue weighted by atomic mass is 16.5. The first-order valence-corrected chi connectivity index (χ1v) is 9.90. The molecular formula is C23H28N2O3. The van der Waals surface area contributed by atoms with Crippen molar-refractivity contribution in [1.29, 1.82) is 0 Å². The molecule has 1 aliphatic rings. The average molecular weight is 380 g/mol. The Morgan fingerprint density at radius 3 is 2.64 bits per heavy atom. The number of carbonyl (C=O) groups excluding carboxylic acids is 2. The van der Waals surface area contributed by atoms with E-state index in [-0.39, 0.29) is 11.7 Å². The van der Waals surface area contributed by atoms with Gasteiger partial charge >= 0.3 is 0 Å². The Morgan fingerprint density at radius 1 is 1.18 bits per heavy atom. The molecule has 1 aliphatic heterocycles. The van der Waals surface area contributed by atoms with Crippen LogP contribution in [0.3, 0.4) is 0 Å². The monoisotopic (exact) mass is 380 g/mol. The summed E-state index contributed by atoms with van der Waals surface area (Å²) in [6.45, 7) is 6.43. The van der Waals surface area contributed by atoms with Crippen LogP contribution in [0.1, 0.15) is 43.5 Å². The lowest BCUT2D eigenvalue weighted by Crippen LogP contribution is -2.19. The largest absolute Gasteiger partial charge is 0.494 e. The van der Waals surface area contributed by atoms with Gasteiger partial charge in [0, 0.05) is 36.4 Å². The normalized spacial score (nSPS) is 16.1. The summed E-state index contributed by atoms with van der Waals surface area (Å²) in [5.74, 6) is 1.38. The number of ether oxygens (including phenoxy) is 1. The van der Waals surface area contributed by atoms with Gasteiger partial charge in [0.15, 0.2) is 5.78 Å². The molecule has 1 fully saturated rings. The molecule has 2 aromatic rings. The molecule has 0 radical (unpaired) electrons. The second-order valence-corrected chi connectivity index (χ2v) is 7.47. The number of ketones is 1. The van der Waals surface area contributed by atoms with E-state index in [4.69, 9.17) is 4.74 Å². The molecule has 1 amide bonds. The fourth-order valence-corrected chi connectivity index (χ4v) is 3.38. The first kappa shape index (κ1) is 19.9. The summed E-state index contributed by atoms with van der Waals surface area (Å²) in [6, 6.07) is 15.2. The lowest BCUT2D eigenvalue weighted by atomic mass is 10.1. The van der Waals surface area contributed by atoms with E-state index in [0.717, 1.165) is 24.7 Å². The van der Waals surface area contributed by atoms with E-state index in [1.807, 2.05) is 18.2 Å². The maximum Gasteiger partial charge on any atom is 0.224 e. The number of benzene rings is 2. The molecule has 5 nitrogen and oxygen atoms in total. The van der Waals surface area contributed by atoms with E-state index in [9.17, 15) is 9.59 Å². The highest BCUT2D eigenvalue weighted by molar-refractivity contribution is 5.94. The van der Waals surface area contributed by atoms with Crippen LogP contribution < -0.4 is 15.0 Å². The lowest BCUT2D eigenvalue weighted by molar-refractivity contribution is -0.116. The number of rotatable bonds is 8. The van der Waals surface area contributed by atoms with Crippen LogP contribution >= 0.6 is 0 Å². The van der Waals surface area contributed by atoms with Crippen LogP contribution in [-0.2, 0) is 4.79 Å². The van der Waals surface area contributed by atoms with E-state index >= 15 is 0 Å². The minimum atomic E-state index is -0.0244. The number of Topliss-reactive ketones (excluding diaryl/α,β-unsaturated/α-hetero) is 1. The number of carbonyl (C=O) groups is 2. The smallest absolute Gasteiger partial charge is 0.224 e. The third kappa shape index (κ3) is 5.59. The molecule has 0 spiro atoms. The van der Waals surface area contributed by atoms with Crippen LogP contribution in [0.25, 0.3) is 0 Å². The SMILES string of the molecule is CC(=O)c1cccc(OCCCC(=O)Nc2ccc(N3CCC(C)C3)cc2)c1. The van der Waals surface area contributed by atoms with Gasteiger partial charge in [-0.25, -0.2) is 0 Å². The van der Waals surface area contributed by atoms with Crippen molar-refractivity contribution in [1.82, 2.24) is 0 Å². The highest BCUT2D eigenvalue weighted by Crippen LogP contribution is 2.24. The molecule has 148 valence electrons. The van der Waals surface area contributed by atoms with Gasteiger partial charge in [-0.1, -0.05) is 19.1 Å². The highest BCUT2D eigenvalue weighted by Gasteiger charge is 2.18. The Kier molecular flexibility index (Phi) is 6.69. The van der Waals surface area contributed by atoms with E-state index in [1.54, 1.807) is 18.2 Å². The summed E-state index contributed by atoms with van der Waals surface area (Å²) in [4.78, 5) is 25.9. The number of nitrogens with zero attached hydrogens (tertiary/aromatic N) is 1. The number of amides is 1. The second-order valence-electron chi connectivity index (χ2n) is 7.47. The zero-order chi connectivity index (χ0) is 19.9. The Hall–Kier alpha value is -2.82. The van der Waals surface area contributed by atoms with Gasteiger partial charge in [0.05, 0.1) is 6.61 Å². The van der Waals surface area contributed by atoms with Crippen molar-refractivity contribution in [3.8, 4) is 5.75 Å². The summed E-state index contributed by atoms with van der Waals surface area (Å²) in [5.41, 5.74) is 2.65. The predicted molar refractivity (Wildman–Crippen MR) is 112 cm³/mol. The Balaban J connectivity index is 1.39. The number of nitrogens with one attached hydrogen (secondary N) is 1. The molecule has 1 unspecified atom stereocenters. The lowest BCUT2D eigenvalue weighted by Gasteiger charge is -2.18. The zero-order valence-electron chi connectivity index (χ0n) is 16.6. The maximum absolute atomic E-state index is 12.1. The van der Waals surface area contributed by atoms with Gasteiger partial charge in [0.1, 0.15) is 5.75 Å². The van der Waals surface area contributed by atoms with Gasteiger partial charge in [-0.2, -0.15) is 0 Å². The third-order valence-corrected chi connectivity index (χ3v) is 5.00. The average Bonchev–Trinajstić information content (AvgIpc) is 3.12. The van der Waals surface area contributed by atoms with Gasteiger partial charge in [0.25, 0.3) is 0 Å². The molecule has 1 atom stereocenters. The van der Waals surface area contributed by atoms with E-state index in [1.165, 1.54) is 19.0 Å². The van der Waals surface area contributed by atoms with Crippen LogP contribution in [0.5, 0.6) is 5.75 Å². The molecule has 5 heteroatoms. The molecule has 1 N–H and O–H groups in total. The molecule has 0 aliphatic carbocycles. The van der Waals surface area contributed by atoms with Crippen LogP contribution in [0.2, 0.25) is 0 Å². The van der Waals surface area contributed by atoms with Gasteiger partial charge < -0.3 is 15.0 Å². The van der Waals surface area contributed by atoms with Crippen molar-refractivity contribution in [2.45, 2.75) is 33.1 Å². The fraction of sp³-hybridized carbons (Fsp3) is 0.391. The van der Waals surface area contributed by atoms with Crippen molar-refractivity contribution in [3.05, 3.63) is 54.1 Å². The van der Waals surface area contributed by atoms with Gasteiger partial charge in [-0.05, 0) is 62.1 Å². The molecule has 0 saturated carbocycles. The molecule has 1 heterocycles. The van der Waals surface area contributed by atoms with Crippen LogP contribution in [0.4, 0.5) is 11.4 Å². The summed E-state index contributed by atoms with van der Waals surface area (Å²) < 4.78 is 5.64. The van der Waals surface area contributed by atoms with E-state index in [2.05, 4.69) is 29.3 Å². The van der Waals surface area contributed by atoms with Crippen molar-refractivity contribution >= 4 is 23.1 Å². The fourth-order valence-electron chi connectivity index (χ4n) is 3.38. The summed E-state index contributed by atoms with van der Waals surface area (Å²) in [5, 5.41) is 2.93. The Morgan fingerprint density at radius 2 is 1.96 bits per heavy atom. The Bertz CT molecular complexity index is 817. The first-order valence-electron chi connectivity index (χ1n) is 9.90. The van der Waals surface area contributed by atoms with E-state index < -0.39 is 0 Å². The molecule has 1 saturated heterocycles. The van der Waals surface area contributed by atoms with E-state index in [0.29, 0.717) is 30.8 Å². The summed E-state index contributed by atoms with van der Waals surface area (Å²) in [6.07, 6.45) is 2.23. The van der Waals surface area contributed by atoms with Crippen molar-refractivity contribution in [3.63, 3.8) is 0 Å². The van der Waals surface area contributed by atoms with Crippen LogP contribution in [0, 0.1) is 5.92 Å². The van der Waals surface area contributed by atoms with Crippen LogP contribution in [0.15, 0.2) is 48.5 Å². The Labute approximate surface area is 166 Å². The summed E-state index contributed by atoms with van der Waals surface area (Å²) in [7, 11) is 0. The molecular weight excluding hydrogens is 352 g/mol. The minimum absolute atomic E-state index is 0.00934. The molecule has 0 bridgehead atoms. The quantitative estimate of drug-likeness (QED) is 0.540. The first-order chi connectivity index (χ1) is 13.5. The molecule has 3 rings (SSSR count). The van der Waals surface area contributed by atoms with Crippen molar-refractivity contribution in [2.24, 2.45) is 5.92 Å². The molecule has 28 heavy (non-hydrogen) atoms. The van der Waals surface area contributed by atoms with Gasteiger partial charge in [-0.3, -0.25) is 9.59 Å². The number of anilines is 2. The topological polar surface area (TPSA) is 58.6 Å².